The summed E-state index contributed by atoms with van der Waals surface area (Å²) in [5.74, 6) is 0.802. The molecule has 1 amide bonds. The van der Waals surface area contributed by atoms with Gasteiger partial charge in [0.1, 0.15) is 0 Å². The molecule has 0 atom stereocenters. The van der Waals surface area contributed by atoms with Crippen molar-refractivity contribution in [2.24, 2.45) is 11.3 Å². The topological polar surface area (TPSA) is 55.1 Å². The van der Waals surface area contributed by atoms with Crippen LogP contribution in [-0.4, -0.2) is 5.91 Å². The van der Waals surface area contributed by atoms with Crippen molar-refractivity contribution in [1.29, 1.82) is 0 Å². The summed E-state index contributed by atoms with van der Waals surface area (Å²) in [6.45, 7) is 5.00. The number of anilines is 1. The van der Waals surface area contributed by atoms with Crippen molar-refractivity contribution in [1.82, 2.24) is 5.32 Å². The Bertz CT molecular complexity index is 445. The van der Waals surface area contributed by atoms with Crippen molar-refractivity contribution in [3.8, 4) is 0 Å². The van der Waals surface area contributed by atoms with E-state index in [1.165, 1.54) is 12.8 Å². The van der Waals surface area contributed by atoms with Gasteiger partial charge in [0, 0.05) is 17.6 Å². The maximum absolute atomic E-state index is 12.6. The first-order chi connectivity index (χ1) is 9.52. The predicted octanol–water partition coefficient (Wildman–Crippen LogP) is 3.49. The molecule has 0 spiro atoms. The molecule has 1 aliphatic carbocycles. The molecule has 0 bridgehead atoms. The van der Waals surface area contributed by atoms with Crippen LogP contribution < -0.4 is 11.1 Å². The van der Waals surface area contributed by atoms with Crippen molar-refractivity contribution >= 4 is 11.6 Å². The summed E-state index contributed by atoms with van der Waals surface area (Å²) in [7, 11) is 0. The minimum Gasteiger partial charge on any atom is -0.399 e. The number of nitrogen functional groups attached to an aromatic ring is 1. The molecule has 20 heavy (non-hydrogen) atoms. The lowest BCUT2D eigenvalue weighted by Crippen LogP contribution is -2.39. The number of nitrogens with one attached hydrogen (secondary N) is 1. The molecule has 110 valence electrons. The van der Waals surface area contributed by atoms with Crippen LogP contribution in [0.4, 0.5) is 5.69 Å². The van der Waals surface area contributed by atoms with Gasteiger partial charge in [-0.1, -0.05) is 38.8 Å². The highest BCUT2D eigenvalue weighted by molar-refractivity contribution is 5.82. The van der Waals surface area contributed by atoms with Crippen LogP contribution in [0.1, 0.15) is 51.5 Å². The maximum atomic E-state index is 12.6. The van der Waals surface area contributed by atoms with Crippen molar-refractivity contribution in [2.75, 3.05) is 5.73 Å². The Balaban J connectivity index is 1.97. The molecule has 1 aromatic rings. The Morgan fingerprint density at radius 3 is 2.40 bits per heavy atom. The Morgan fingerprint density at radius 2 is 1.85 bits per heavy atom. The van der Waals surface area contributed by atoms with Gasteiger partial charge in [0.25, 0.3) is 0 Å². The summed E-state index contributed by atoms with van der Waals surface area (Å²) < 4.78 is 0. The van der Waals surface area contributed by atoms with Crippen LogP contribution in [0.3, 0.4) is 0 Å². The zero-order valence-electron chi connectivity index (χ0n) is 12.6. The van der Waals surface area contributed by atoms with Gasteiger partial charge in [0.15, 0.2) is 0 Å². The first-order valence-electron chi connectivity index (χ1n) is 7.64. The molecule has 0 radical (unpaired) electrons. The van der Waals surface area contributed by atoms with Gasteiger partial charge in [0.2, 0.25) is 5.91 Å². The molecular formula is C17H26N2O. The second-order valence-electron chi connectivity index (χ2n) is 6.51. The van der Waals surface area contributed by atoms with E-state index in [1.54, 1.807) is 0 Å². The number of carbonyl (C=O) groups excluding carboxylic acids is 1. The lowest BCUT2D eigenvalue weighted by Gasteiger charge is -2.29. The first kappa shape index (κ1) is 14.9. The van der Waals surface area contributed by atoms with Crippen molar-refractivity contribution in [2.45, 2.75) is 52.5 Å². The minimum atomic E-state index is -0.123. The second-order valence-corrected chi connectivity index (χ2v) is 6.51. The lowest BCUT2D eigenvalue weighted by molar-refractivity contribution is -0.132. The number of hydrogen-bond donors (Lipinski definition) is 2. The monoisotopic (exact) mass is 274 g/mol. The molecule has 3 nitrogen and oxygen atoms in total. The maximum Gasteiger partial charge on any atom is 0.226 e. The second kappa shape index (κ2) is 6.29. The van der Waals surface area contributed by atoms with E-state index < -0.39 is 0 Å². The fourth-order valence-electron chi connectivity index (χ4n) is 3.36. The van der Waals surface area contributed by atoms with Crippen LogP contribution >= 0.6 is 0 Å². The molecule has 0 heterocycles. The van der Waals surface area contributed by atoms with Crippen molar-refractivity contribution < 1.29 is 4.79 Å². The fraction of sp³-hybridized carbons (Fsp3) is 0.588. The van der Waals surface area contributed by atoms with Crippen LogP contribution in [-0.2, 0) is 11.3 Å². The van der Waals surface area contributed by atoms with Crippen molar-refractivity contribution in [3.05, 3.63) is 29.8 Å². The number of amides is 1. The third-order valence-corrected chi connectivity index (χ3v) is 4.27. The summed E-state index contributed by atoms with van der Waals surface area (Å²) in [6, 6.07) is 7.70. The van der Waals surface area contributed by atoms with E-state index in [0.717, 1.165) is 30.5 Å². The Kier molecular flexibility index (Phi) is 4.69. The summed E-state index contributed by atoms with van der Waals surface area (Å²) >= 11 is 0. The molecule has 0 saturated heterocycles. The molecule has 1 aromatic carbocycles. The average molecular weight is 274 g/mol. The van der Waals surface area contributed by atoms with E-state index in [-0.39, 0.29) is 11.3 Å². The Hall–Kier alpha value is -1.51. The smallest absolute Gasteiger partial charge is 0.226 e. The van der Waals surface area contributed by atoms with E-state index in [2.05, 4.69) is 19.2 Å². The number of benzene rings is 1. The van der Waals surface area contributed by atoms with Crippen LogP contribution in [0.2, 0.25) is 0 Å². The molecule has 0 aliphatic heterocycles. The normalized spacial score (nSPS) is 17.4. The van der Waals surface area contributed by atoms with E-state index >= 15 is 0 Å². The first-order valence-corrected chi connectivity index (χ1v) is 7.64. The number of hydrogen-bond acceptors (Lipinski definition) is 2. The highest BCUT2D eigenvalue weighted by Gasteiger charge is 2.40. The van der Waals surface area contributed by atoms with Gasteiger partial charge in [-0.3, -0.25) is 4.79 Å². The fourth-order valence-corrected chi connectivity index (χ4v) is 3.36. The zero-order chi connectivity index (χ0) is 14.6. The van der Waals surface area contributed by atoms with Gasteiger partial charge in [-0.05, 0) is 42.9 Å². The minimum absolute atomic E-state index is 0.123. The van der Waals surface area contributed by atoms with Gasteiger partial charge in [0.05, 0.1) is 0 Å². The average Bonchev–Trinajstić information content (AvgIpc) is 2.86. The summed E-state index contributed by atoms with van der Waals surface area (Å²) in [6.07, 6.45) is 5.45. The molecule has 0 unspecified atom stereocenters. The van der Waals surface area contributed by atoms with Gasteiger partial charge in [-0.15, -0.1) is 0 Å². The summed E-state index contributed by atoms with van der Waals surface area (Å²) in [4.78, 5) is 12.6. The number of nitrogens with two attached hydrogens (primary N) is 1. The summed E-state index contributed by atoms with van der Waals surface area (Å²) in [5.41, 5.74) is 7.41. The predicted molar refractivity (Wildman–Crippen MR) is 83.1 cm³/mol. The quantitative estimate of drug-likeness (QED) is 0.807. The van der Waals surface area contributed by atoms with E-state index in [0.29, 0.717) is 12.5 Å². The third kappa shape index (κ3) is 3.53. The van der Waals surface area contributed by atoms with Gasteiger partial charge >= 0.3 is 0 Å². The highest BCUT2D eigenvalue weighted by atomic mass is 16.2. The van der Waals surface area contributed by atoms with Gasteiger partial charge in [-0.25, -0.2) is 0 Å². The molecule has 1 saturated carbocycles. The summed E-state index contributed by atoms with van der Waals surface area (Å²) in [5, 5.41) is 3.13. The standard InChI is InChI=1S/C17H26N2O/c1-13(2)11-17(9-3-4-10-17)16(20)19-12-14-5-7-15(18)8-6-14/h5-8,13H,3-4,9-12,18H2,1-2H3,(H,19,20). The van der Waals surface area contributed by atoms with Gasteiger partial charge < -0.3 is 11.1 Å². The third-order valence-electron chi connectivity index (χ3n) is 4.27. The number of rotatable bonds is 5. The van der Waals surface area contributed by atoms with Crippen LogP contribution in [0.5, 0.6) is 0 Å². The molecule has 1 fully saturated rings. The number of carbonyl (C=O) groups is 1. The molecule has 2 rings (SSSR count). The van der Waals surface area contributed by atoms with Crippen molar-refractivity contribution in [3.63, 3.8) is 0 Å². The van der Waals surface area contributed by atoms with E-state index in [1.807, 2.05) is 24.3 Å². The molecule has 3 heteroatoms. The van der Waals surface area contributed by atoms with Gasteiger partial charge in [-0.2, -0.15) is 0 Å². The van der Waals surface area contributed by atoms with E-state index in [9.17, 15) is 4.79 Å². The molecule has 1 aliphatic rings. The molecular weight excluding hydrogens is 248 g/mol. The largest absolute Gasteiger partial charge is 0.399 e. The highest BCUT2D eigenvalue weighted by Crippen LogP contribution is 2.43. The van der Waals surface area contributed by atoms with Crippen LogP contribution in [0.25, 0.3) is 0 Å². The lowest BCUT2D eigenvalue weighted by atomic mass is 9.77. The SMILES string of the molecule is CC(C)CC1(C(=O)NCc2ccc(N)cc2)CCCC1. The molecule has 3 N–H and O–H groups in total. The Morgan fingerprint density at radius 1 is 1.25 bits per heavy atom. The Labute approximate surface area is 121 Å². The van der Waals surface area contributed by atoms with Crippen LogP contribution in [0.15, 0.2) is 24.3 Å². The molecule has 0 aromatic heterocycles. The van der Waals surface area contributed by atoms with Crippen LogP contribution in [0, 0.1) is 11.3 Å². The van der Waals surface area contributed by atoms with E-state index in [4.69, 9.17) is 5.73 Å². The zero-order valence-corrected chi connectivity index (χ0v) is 12.6.